The van der Waals surface area contributed by atoms with E-state index in [1.807, 2.05) is 24.3 Å². The number of carbonyl (C=O) groups is 1. The first-order valence-corrected chi connectivity index (χ1v) is 7.57. The van der Waals surface area contributed by atoms with E-state index in [0.717, 1.165) is 10.0 Å². The van der Waals surface area contributed by atoms with E-state index in [0.29, 0.717) is 16.4 Å². The van der Waals surface area contributed by atoms with Crippen LogP contribution in [0.3, 0.4) is 0 Å². The van der Waals surface area contributed by atoms with Crippen LogP contribution in [0.25, 0.3) is 16.9 Å². The van der Waals surface area contributed by atoms with Gasteiger partial charge >= 0.3 is 5.97 Å². The lowest BCUT2D eigenvalue weighted by Gasteiger charge is -2.04. The van der Waals surface area contributed by atoms with Crippen molar-refractivity contribution in [1.82, 2.24) is 9.78 Å². The molecule has 3 rings (SSSR count). The van der Waals surface area contributed by atoms with E-state index in [4.69, 9.17) is 11.6 Å². The van der Waals surface area contributed by atoms with Gasteiger partial charge in [0.2, 0.25) is 0 Å². The fourth-order valence-electron chi connectivity index (χ4n) is 2.07. The molecule has 3 aromatic rings. The summed E-state index contributed by atoms with van der Waals surface area (Å²) in [7, 11) is 0. The fraction of sp³-hybridized carbons (Fsp3) is 0. The molecule has 0 amide bonds. The van der Waals surface area contributed by atoms with Gasteiger partial charge in [0.1, 0.15) is 0 Å². The lowest BCUT2D eigenvalue weighted by atomic mass is 10.1. The van der Waals surface area contributed by atoms with Crippen molar-refractivity contribution in [2.75, 3.05) is 0 Å². The maximum absolute atomic E-state index is 11.5. The Hall–Kier alpha value is -2.11. The van der Waals surface area contributed by atoms with Gasteiger partial charge in [0.25, 0.3) is 0 Å². The third-order valence-electron chi connectivity index (χ3n) is 3.14. The Bertz CT molecular complexity index is 826. The van der Waals surface area contributed by atoms with Gasteiger partial charge in [-0.15, -0.1) is 0 Å². The third-order valence-corrected chi connectivity index (χ3v) is 3.92. The minimum Gasteiger partial charge on any atom is -0.477 e. The number of aromatic carboxylic acids is 1. The van der Waals surface area contributed by atoms with Crippen molar-refractivity contribution < 1.29 is 9.90 Å². The third kappa shape index (κ3) is 2.91. The number of hydrogen-bond acceptors (Lipinski definition) is 2. The summed E-state index contributed by atoms with van der Waals surface area (Å²) in [5.41, 5.74) is 2.18. The molecule has 22 heavy (non-hydrogen) atoms. The predicted octanol–water partition coefficient (Wildman–Crippen LogP) is 4.65. The number of nitrogens with zero attached hydrogens (tertiary/aromatic N) is 2. The lowest BCUT2D eigenvalue weighted by Crippen LogP contribution is -2.07. The molecule has 4 nitrogen and oxygen atoms in total. The molecule has 0 saturated carbocycles. The summed E-state index contributed by atoms with van der Waals surface area (Å²) in [5, 5.41) is 14.4. The minimum atomic E-state index is -1.04. The van der Waals surface area contributed by atoms with E-state index in [1.54, 1.807) is 30.3 Å². The van der Waals surface area contributed by atoms with Crippen LogP contribution in [0.5, 0.6) is 0 Å². The highest BCUT2D eigenvalue weighted by Crippen LogP contribution is 2.24. The van der Waals surface area contributed by atoms with E-state index in [9.17, 15) is 9.90 Å². The van der Waals surface area contributed by atoms with Gasteiger partial charge in [-0.1, -0.05) is 39.7 Å². The van der Waals surface area contributed by atoms with Gasteiger partial charge in [0.05, 0.1) is 11.4 Å². The smallest absolute Gasteiger partial charge is 0.354 e. The van der Waals surface area contributed by atoms with Crippen LogP contribution in [0.1, 0.15) is 10.5 Å². The topological polar surface area (TPSA) is 55.1 Å². The number of carboxylic acids is 1. The first kappa shape index (κ1) is 14.8. The molecule has 1 aromatic heterocycles. The summed E-state index contributed by atoms with van der Waals surface area (Å²) in [6.45, 7) is 0. The number of halogens is 2. The Morgan fingerprint density at radius 1 is 1.09 bits per heavy atom. The van der Waals surface area contributed by atoms with Gasteiger partial charge in [0.15, 0.2) is 5.69 Å². The molecule has 1 N–H and O–H groups in total. The second-order valence-corrected chi connectivity index (χ2v) is 5.97. The summed E-state index contributed by atoms with van der Waals surface area (Å²) < 4.78 is 2.35. The molecule has 0 saturated heterocycles. The quantitative estimate of drug-likeness (QED) is 0.722. The average Bonchev–Trinajstić information content (AvgIpc) is 2.94. The number of rotatable bonds is 3. The molecule has 1 heterocycles. The zero-order valence-electron chi connectivity index (χ0n) is 11.2. The molecular weight excluding hydrogens is 368 g/mol. The van der Waals surface area contributed by atoms with Crippen LogP contribution in [-0.4, -0.2) is 20.9 Å². The second kappa shape index (κ2) is 5.94. The van der Waals surface area contributed by atoms with Crippen LogP contribution < -0.4 is 0 Å². The molecule has 2 aromatic carbocycles. The monoisotopic (exact) mass is 376 g/mol. The van der Waals surface area contributed by atoms with Crippen molar-refractivity contribution in [3.05, 3.63) is 69.8 Å². The highest BCUT2D eigenvalue weighted by molar-refractivity contribution is 9.10. The highest BCUT2D eigenvalue weighted by atomic mass is 79.9. The van der Waals surface area contributed by atoms with Crippen LogP contribution in [0.15, 0.2) is 59.1 Å². The molecule has 0 fully saturated rings. The van der Waals surface area contributed by atoms with Gasteiger partial charge in [-0.05, 0) is 42.5 Å². The standard InChI is InChI=1S/C16H10BrClN2O2/c17-11-3-1-10(2-4-11)14-9-15(16(21)22)20(19-14)13-7-5-12(18)6-8-13/h1-9H,(H,21,22). The largest absolute Gasteiger partial charge is 0.477 e. The van der Waals surface area contributed by atoms with Gasteiger partial charge in [0, 0.05) is 15.1 Å². The molecule has 0 bridgehead atoms. The summed E-state index contributed by atoms with van der Waals surface area (Å²) in [6.07, 6.45) is 0. The van der Waals surface area contributed by atoms with Gasteiger partial charge in [-0.2, -0.15) is 5.10 Å². The predicted molar refractivity (Wildman–Crippen MR) is 88.7 cm³/mol. The van der Waals surface area contributed by atoms with Gasteiger partial charge in [-0.25, -0.2) is 9.48 Å². The fourth-order valence-corrected chi connectivity index (χ4v) is 2.46. The maximum Gasteiger partial charge on any atom is 0.354 e. The second-order valence-electron chi connectivity index (χ2n) is 4.62. The summed E-state index contributed by atoms with van der Waals surface area (Å²) >= 11 is 9.24. The molecule has 0 atom stereocenters. The van der Waals surface area contributed by atoms with Crippen molar-refractivity contribution in [2.45, 2.75) is 0 Å². The average molecular weight is 378 g/mol. The normalized spacial score (nSPS) is 10.6. The van der Waals surface area contributed by atoms with Crippen molar-refractivity contribution in [2.24, 2.45) is 0 Å². The Labute approximate surface area is 140 Å². The van der Waals surface area contributed by atoms with E-state index >= 15 is 0 Å². The summed E-state index contributed by atoms with van der Waals surface area (Å²) in [4.78, 5) is 11.5. The van der Waals surface area contributed by atoms with Gasteiger partial charge < -0.3 is 5.11 Å². The van der Waals surface area contributed by atoms with Crippen molar-refractivity contribution >= 4 is 33.5 Å². The molecule has 0 aliphatic carbocycles. The van der Waals surface area contributed by atoms with E-state index in [2.05, 4.69) is 21.0 Å². The Morgan fingerprint density at radius 2 is 1.73 bits per heavy atom. The number of hydrogen-bond donors (Lipinski definition) is 1. The minimum absolute atomic E-state index is 0.0974. The Morgan fingerprint density at radius 3 is 2.32 bits per heavy atom. The Kier molecular flexibility index (Phi) is 4.00. The summed E-state index contributed by atoms with van der Waals surface area (Å²) in [5.74, 6) is -1.04. The van der Waals surface area contributed by atoms with Crippen LogP contribution >= 0.6 is 27.5 Å². The zero-order valence-corrected chi connectivity index (χ0v) is 13.5. The number of aromatic nitrogens is 2. The van der Waals surface area contributed by atoms with Crippen LogP contribution in [0, 0.1) is 0 Å². The van der Waals surface area contributed by atoms with Crippen molar-refractivity contribution in [3.8, 4) is 16.9 Å². The van der Waals surface area contributed by atoms with Crippen LogP contribution in [0.2, 0.25) is 5.02 Å². The zero-order chi connectivity index (χ0) is 15.7. The van der Waals surface area contributed by atoms with Crippen molar-refractivity contribution in [3.63, 3.8) is 0 Å². The lowest BCUT2D eigenvalue weighted by molar-refractivity contribution is 0.0687. The Balaban J connectivity index is 2.11. The SMILES string of the molecule is O=C(O)c1cc(-c2ccc(Br)cc2)nn1-c1ccc(Cl)cc1. The molecule has 0 aliphatic heterocycles. The van der Waals surface area contributed by atoms with Crippen LogP contribution in [-0.2, 0) is 0 Å². The molecule has 0 unspecified atom stereocenters. The van der Waals surface area contributed by atoms with Crippen LogP contribution in [0.4, 0.5) is 0 Å². The molecule has 6 heteroatoms. The van der Waals surface area contributed by atoms with Gasteiger partial charge in [-0.3, -0.25) is 0 Å². The van der Waals surface area contributed by atoms with Crippen molar-refractivity contribution in [1.29, 1.82) is 0 Å². The van der Waals surface area contributed by atoms with E-state index in [1.165, 1.54) is 4.68 Å². The molecule has 110 valence electrons. The van der Waals surface area contributed by atoms with E-state index in [-0.39, 0.29) is 5.69 Å². The molecule has 0 radical (unpaired) electrons. The number of carboxylic acid groups (broad SMARTS) is 1. The molecule has 0 spiro atoms. The molecular formula is C16H10BrClN2O2. The first-order valence-electron chi connectivity index (χ1n) is 6.40. The highest BCUT2D eigenvalue weighted by Gasteiger charge is 2.16. The first-order chi connectivity index (χ1) is 10.5. The number of benzene rings is 2. The maximum atomic E-state index is 11.5. The molecule has 0 aliphatic rings. The van der Waals surface area contributed by atoms with E-state index < -0.39 is 5.97 Å². The summed E-state index contributed by atoms with van der Waals surface area (Å²) in [6, 6.07) is 15.9.